The Hall–Kier alpha value is -0.680. The first kappa shape index (κ1) is 14.4. The fourth-order valence-electron chi connectivity index (χ4n) is 1.76. The summed E-state index contributed by atoms with van der Waals surface area (Å²) < 4.78 is 4.33. The molecule has 0 aliphatic carbocycles. The minimum atomic E-state index is 0.414. The van der Waals surface area contributed by atoms with Gasteiger partial charge >= 0.3 is 0 Å². The van der Waals surface area contributed by atoms with Crippen molar-refractivity contribution in [2.24, 2.45) is 0 Å². The van der Waals surface area contributed by atoms with Gasteiger partial charge in [-0.15, -0.1) is 0 Å². The predicted octanol–water partition coefficient (Wildman–Crippen LogP) is 2.63. The highest BCUT2D eigenvalue weighted by atomic mass is 32.1. The highest BCUT2D eigenvalue weighted by Crippen LogP contribution is 2.13. The van der Waals surface area contributed by atoms with Gasteiger partial charge in [0, 0.05) is 30.5 Å². The summed E-state index contributed by atoms with van der Waals surface area (Å²) in [5.74, 6) is 0.968. The average molecular weight is 256 g/mol. The van der Waals surface area contributed by atoms with Crippen molar-refractivity contribution in [3.63, 3.8) is 0 Å². The van der Waals surface area contributed by atoms with Gasteiger partial charge in [-0.3, -0.25) is 0 Å². The lowest BCUT2D eigenvalue weighted by Gasteiger charge is -2.22. The number of likely N-dealkylation sites (N-methyl/N-ethyl adjacent to an activating group) is 1. The Morgan fingerprint density at radius 1 is 1.29 bits per heavy atom. The Bertz CT molecular complexity index is 309. The molecule has 0 saturated carbocycles. The Balaban J connectivity index is 2.41. The second kappa shape index (κ2) is 7.61. The normalized spacial score (nSPS) is 13.0. The standard InChI is InChI=1S/C12H24N4S/c1-5-8-11-14-12(17-15-11)13-10(4)9-16(6-2)7-3/h10H,5-9H2,1-4H3,(H,13,14,15). The van der Waals surface area contributed by atoms with Crippen LogP contribution in [0.5, 0.6) is 0 Å². The molecule has 1 aromatic heterocycles. The second-order valence-corrected chi connectivity index (χ2v) is 5.05. The van der Waals surface area contributed by atoms with Crippen molar-refractivity contribution in [2.45, 2.75) is 46.6 Å². The highest BCUT2D eigenvalue weighted by Gasteiger charge is 2.09. The molecule has 0 aliphatic rings. The molecule has 1 N–H and O–H groups in total. The molecule has 1 heterocycles. The van der Waals surface area contributed by atoms with Crippen molar-refractivity contribution in [3.8, 4) is 0 Å². The molecule has 1 atom stereocenters. The summed E-state index contributed by atoms with van der Waals surface area (Å²) in [5.41, 5.74) is 0. The number of hydrogen-bond donors (Lipinski definition) is 1. The summed E-state index contributed by atoms with van der Waals surface area (Å²) in [5, 5.41) is 4.37. The topological polar surface area (TPSA) is 41.1 Å². The van der Waals surface area contributed by atoms with Crippen LogP contribution in [-0.2, 0) is 6.42 Å². The molecule has 4 nitrogen and oxygen atoms in total. The lowest BCUT2D eigenvalue weighted by atomic mass is 10.3. The molecule has 5 heteroatoms. The molecule has 0 saturated heterocycles. The minimum Gasteiger partial charge on any atom is -0.357 e. The van der Waals surface area contributed by atoms with Gasteiger partial charge < -0.3 is 10.2 Å². The van der Waals surface area contributed by atoms with Gasteiger partial charge in [-0.2, -0.15) is 4.37 Å². The van der Waals surface area contributed by atoms with Crippen molar-refractivity contribution in [3.05, 3.63) is 5.82 Å². The predicted molar refractivity (Wildman–Crippen MR) is 74.8 cm³/mol. The Labute approximate surface area is 109 Å². The molecule has 0 spiro atoms. The van der Waals surface area contributed by atoms with Crippen molar-refractivity contribution in [1.82, 2.24) is 14.3 Å². The molecule has 1 rings (SSSR count). The number of rotatable bonds is 8. The number of nitrogens with zero attached hydrogens (tertiary/aromatic N) is 3. The maximum absolute atomic E-state index is 4.48. The molecule has 0 aliphatic heterocycles. The zero-order valence-corrected chi connectivity index (χ0v) is 12.2. The summed E-state index contributed by atoms with van der Waals surface area (Å²) in [4.78, 5) is 6.89. The van der Waals surface area contributed by atoms with Crippen LogP contribution < -0.4 is 5.32 Å². The number of aromatic nitrogens is 2. The van der Waals surface area contributed by atoms with Crippen LogP contribution in [0.1, 0.15) is 39.9 Å². The van der Waals surface area contributed by atoms with E-state index in [9.17, 15) is 0 Å². The first-order valence-corrected chi connectivity index (χ1v) is 7.28. The van der Waals surface area contributed by atoms with Crippen LogP contribution in [-0.4, -0.2) is 39.9 Å². The molecular weight excluding hydrogens is 232 g/mol. The fraction of sp³-hybridized carbons (Fsp3) is 0.833. The van der Waals surface area contributed by atoms with E-state index in [1.165, 1.54) is 11.5 Å². The van der Waals surface area contributed by atoms with E-state index in [1.54, 1.807) is 0 Å². The summed E-state index contributed by atoms with van der Waals surface area (Å²) in [7, 11) is 0. The number of anilines is 1. The summed E-state index contributed by atoms with van der Waals surface area (Å²) in [6.07, 6.45) is 2.08. The van der Waals surface area contributed by atoms with Gasteiger partial charge in [0.25, 0.3) is 0 Å². The van der Waals surface area contributed by atoms with Gasteiger partial charge in [-0.25, -0.2) is 4.98 Å². The highest BCUT2D eigenvalue weighted by molar-refractivity contribution is 7.09. The molecule has 0 radical (unpaired) electrons. The van der Waals surface area contributed by atoms with E-state index in [-0.39, 0.29) is 0 Å². The molecule has 0 amide bonds. The molecule has 0 fully saturated rings. The third-order valence-corrected chi connectivity index (χ3v) is 3.42. The van der Waals surface area contributed by atoms with E-state index in [2.05, 4.69) is 47.3 Å². The number of aryl methyl sites for hydroxylation is 1. The van der Waals surface area contributed by atoms with Crippen LogP contribution in [0.15, 0.2) is 0 Å². The first-order chi connectivity index (χ1) is 8.19. The molecule has 0 aromatic carbocycles. The van der Waals surface area contributed by atoms with Crippen molar-refractivity contribution in [1.29, 1.82) is 0 Å². The lowest BCUT2D eigenvalue weighted by molar-refractivity contribution is 0.295. The van der Waals surface area contributed by atoms with Crippen LogP contribution in [0.2, 0.25) is 0 Å². The van der Waals surface area contributed by atoms with Crippen LogP contribution in [0.25, 0.3) is 0 Å². The summed E-state index contributed by atoms with van der Waals surface area (Å²) in [6, 6.07) is 0.414. The van der Waals surface area contributed by atoms with Crippen LogP contribution in [0.3, 0.4) is 0 Å². The van der Waals surface area contributed by atoms with Gasteiger partial charge in [-0.1, -0.05) is 20.8 Å². The van der Waals surface area contributed by atoms with Gasteiger partial charge in [0.15, 0.2) is 0 Å². The minimum absolute atomic E-state index is 0.414. The Morgan fingerprint density at radius 2 is 2.00 bits per heavy atom. The Morgan fingerprint density at radius 3 is 2.59 bits per heavy atom. The van der Waals surface area contributed by atoms with E-state index >= 15 is 0 Å². The molecule has 17 heavy (non-hydrogen) atoms. The molecular formula is C12H24N4S. The molecule has 1 unspecified atom stereocenters. The van der Waals surface area contributed by atoms with E-state index in [0.29, 0.717) is 6.04 Å². The SMILES string of the molecule is CCCc1nsc(NC(C)CN(CC)CC)n1. The third-order valence-electron chi connectivity index (χ3n) is 2.74. The lowest BCUT2D eigenvalue weighted by Crippen LogP contribution is -2.34. The van der Waals surface area contributed by atoms with Crippen molar-refractivity contribution >= 4 is 16.7 Å². The van der Waals surface area contributed by atoms with Crippen LogP contribution >= 0.6 is 11.5 Å². The van der Waals surface area contributed by atoms with Gasteiger partial charge in [0.1, 0.15) is 5.82 Å². The molecule has 0 bridgehead atoms. The third kappa shape index (κ3) is 5.00. The number of hydrogen-bond acceptors (Lipinski definition) is 5. The Kier molecular flexibility index (Phi) is 6.44. The summed E-state index contributed by atoms with van der Waals surface area (Å²) in [6.45, 7) is 12.0. The second-order valence-electron chi connectivity index (χ2n) is 4.30. The van der Waals surface area contributed by atoms with Crippen LogP contribution in [0.4, 0.5) is 5.13 Å². The fourth-order valence-corrected chi connectivity index (χ4v) is 2.49. The van der Waals surface area contributed by atoms with E-state index in [1.807, 2.05) is 0 Å². The zero-order chi connectivity index (χ0) is 12.7. The van der Waals surface area contributed by atoms with E-state index in [4.69, 9.17) is 0 Å². The van der Waals surface area contributed by atoms with Gasteiger partial charge in [0.2, 0.25) is 5.13 Å². The maximum Gasteiger partial charge on any atom is 0.202 e. The average Bonchev–Trinajstić information content (AvgIpc) is 2.74. The molecule has 98 valence electrons. The molecule has 1 aromatic rings. The summed E-state index contributed by atoms with van der Waals surface area (Å²) >= 11 is 1.47. The largest absolute Gasteiger partial charge is 0.357 e. The van der Waals surface area contributed by atoms with Crippen LogP contribution in [0, 0.1) is 0 Å². The smallest absolute Gasteiger partial charge is 0.202 e. The maximum atomic E-state index is 4.48. The van der Waals surface area contributed by atoms with Crippen molar-refractivity contribution < 1.29 is 0 Å². The first-order valence-electron chi connectivity index (χ1n) is 6.51. The van der Waals surface area contributed by atoms with Gasteiger partial charge in [-0.05, 0) is 26.4 Å². The monoisotopic (exact) mass is 256 g/mol. The number of nitrogens with one attached hydrogen (secondary N) is 1. The van der Waals surface area contributed by atoms with Gasteiger partial charge in [0.05, 0.1) is 0 Å². The van der Waals surface area contributed by atoms with Crippen molar-refractivity contribution in [2.75, 3.05) is 25.0 Å². The quantitative estimate of drug-likeness (QED) is 0.776. The zero-order valence-electron chi connectivity index (χ0n) is 11.4. The van der Waals surface area contributed by atoms with E-state index in [0.717, 1.165) is 43.4 Å². The van der Waals surface area contributed by atoms with E-state index < -0.39 is 0 Å².